The van der Waals surface area contributed by atoms with Crippen LogP contribution in [0.25, 0.3) is 11.0 Å². The van der Waals surface area contributed by atoms with Crippen LogP contribution in [0, 0.1) is 0 Å². The number of imidazole rings is 1. The molecule has 86 valence electrons. The number of aryl methyl sites for hydroxylation is 1. The van der Waals surface area contributed by atoms with E-state index in [-0.39, 0.29) is 5.38 Å². The maximum absolute atomic E-state index is 6.09. The zero-order valence-electron chi connectivity index (χ0n) is 8.97. The lowest BCUT2D eigenvalue weighted by Crippen LogP contribution is -2.01. The number of benzene rings is 1. The van der Waals surface area contributed by atoms with Gasteiger partial charge in [0.15, 0.2) is 0 Å². The van der Waals surface area contributed by atoms with Crippen LogP contribution in [0.2, 0.25) is 10.0 Å². The number of alkyl halides is 1. The van der Waals surface area contributed by atoms with Gasteiger partial charge in [0.2, 0.25) is 0 Å². The summed E-state index contributed by atoms with van der Waals surface area (Å²) in [6.45, 7) is 4.76. The largest absolute Gasteiger partial charge is 0.327 e. The Morgan fingerprint density at radius 2 is 1.94 bits per heavy atom. The van der Waals surface area contributed by atoms with Crippen LogP contribution in [0.3, 0.4) is 0 Å². The molecule has 0 aliphatic heterocycles. The Morgan fingerprint density at radius 1 is 1.31 bits per heavy atom. The van der Waals surface area contributed by atoms with Crippen LogP contribution in [0.5, 0.6) is 0 Å². The maximum Gasteiger partial charge on any atom is 0.127 e. The van der Waals surface area contributed by atoms with Crippen LogP contribution >= 0.6 is 34.8 Å². The van der Waals surface area contributed by atoms with Gasteiger partial charge in [-0.05, 0) is 26.0 Å². The third kappa shape index (κ3) is 1.90. The smallest absolute Gasteiger partial charge is 0.127 e. The average Bonchev–Trinajstić information content (AvgIpc) is 2.57. The molecule has 1 aromatic carbocycles. The van der Waals surface area contributed by atoms with Gasteiger partial charge in [0.05, 0.1) is 26.5 Å². The monoisotopic (exact) mass is 276 g/mol. The normalized spacial score (nSPS) is 13.3. The van der Waals surface area contributed by atoms with E-state index in [4.69, 9.17) is 34.8 Å². The van der Waals surface area contributed by atoms with Gasteiger partial charge in [0, 0.05) is 6.54 Å². The predicted molar refractivity (Wildman–Crippen MR) is 69.7 cm³/mol. The fraction of sp³-hybridized carbons (Fsp3) is 0.364. The van der Waals surface area contributed by atoms with Crippen LogP contribution in [0.15, 0.2) is 12.1 Å². The zero-order chi connectivity index (χ0) is 11.9. The first-order valence-corrected chi connectivity index (χ1v) is 6.23. The lowest BCUT2D eigenvalue weighted by molar-refractivity contribution is 0.717. The summed E-state index contributed by atoms with van der Waals surface area (Å²) in [4.78, 5) is 4.47. The number of hydrogen-bond donors (Lipinski definition) is 0. The van der Waals surface area contributed by atoms with Gasteiger partial charge < -0.3 is 4.57 Å². The summed E-state index contributed by atoms with van der Waals surface area (Å²) in [7, 11) is 0. The van der Waals surface area contributed by atoms with Crippen molar-refractivity contribution in [3.05, 3.63) is 28.0 Å². The molecule has 16 heavy (non-hydrogen) atoms. The SMILES string of the molecule is CCn1c([C@H](C)Cl)nc2cc(Cl)c(Cl)cc21. The Kier molecular flexibility index (Phi) is 3.34. The highest BCUT2D eigenvalue weighted by Crippen LogP contribution is 2.30. The Morgan fingerprint density at radius 3 is 2.50 bits per heavy atom. The van der Waals surface area contributed by atoms with E-state index in [9.17, 15) is 0 Å². The summed E-state index contributed by atoms with van der Waals surface area (Å²) in [5, 5.41) is 0.922. The lowest BCUT2D eigenvalue weighted by Gasteiger charge is -2.07. The Bertz CT molecular complexity index is 531. The van der Waals surface area contributed by atoms with Crippen LogP contribution in [0.1, 0.15) is 25.0 Å². The minimum Gasteiger partial charge on any atom is -0.327 e. The van der Waals surface area contributed by atoms with Gasteiger partial charge in [-0.1, -0.05) is 23.2 Å². The molecule has 2 aromatic rings. The molecule has 2 nitrogen and oxygen atoms in total. The fourth-order valence-corrected chi connectivity index (χ4v) is 2.26. The molecule has 2 rings (SSSR count). The number of hydrogen-bond acceptors (Lipinski definition) is 1. The van der Waals surface area contributed by atoms with Gasteiger partial charge in [-0.25, -0.2) is 4.98 Å². The van der Waals surface area contributed by atoms with Crippen LogP contribution in [-0.4, -0.2) is 9.55 Å². The van der Waals surface area contributed by atoms with Gasteiger partial charge in [-0.3, -0.25) is 0 Å². The van der Waals surface area contributed by atoms with Crippen LogP contribution in [0.4, 0.5) is 0 Å². The van der Waals surface area contributed by atoms with Crippen molar-refractivity contribution >= 4 is 45.8 Å². The van der Waals surface area contributed by atoms with Gasteiger partial charge in [-0.2, -0.15) is 0 Å². The molecule has 0 N–H and O–H groups in total. The summed E-state index contributed by atoms with van der Waals surface area (Å²) in [6, 6.07) is 3.60. The summed E-state index contributed by atoms with van der Waals surface area (Å²) in [5.41, 5.74) is 1.80. The third-order valence-corrected chi connectivity index (χ3v) is 3.41. The number of aromatic nitrogens is 2. The van der Waals surface area contributed by atoms with Crippen molar-refractivity contribution in [3.63, 3.8) is 0 Å². The second-order valence-corrected chi connectivity index (χ2v) is 5.05. The maximum atomic E-state index is 6.09. The molecule has 1 heterocycles. The second-order valence-electron chi connectivity index (χ2n) is 3.59. The van der Waals surface area contributed by atoms with Crippen molar-refractivity contribution in [1.82, 2.24) is 9.55 Å². The molecule has 0 fully saturated rings. The Labute approximate surface area is 109 Å². The van der Waals surface area contributed by atoms with Gasteiger partial charge in [0.25, 0.3) is 0 Å². The molecule has 0 radical (unpaired) electrons. The van der Waals surface area contributed by atoms with E-state index in [1.54, 1.807) is 6.07 Å². The van der Waals surface area contributed by atoms with Crippen molar-refractivity contribution in [3.8, 4) is 0 Å². The minimum atomic E-state index is -0.134. The molecular weight excluding hydrogens is 266 g/mol. The molecule has 1 atom stereocenters. The predicted octanol–water partition coefficient (Wildman–Crippen LogP) is 4.66. The molecule has 1 aromatic heterocycles. The van der Waals surface area contributed by atoms with Gasteiger partial charge in [0.1, 0.15) is 5.82 Å². The summed E-state index contributed by atoms with van der Waals surface area (Å²) >= 11 is 18.0. The molecule has 0 spiro atoms. The van der Waals surface area contributed by atoms with Crippen molar-refractivity contribution in [2.75, 3.05) is 0 Å². The van der Waals surface area contributed by atoms with E-state index in [1.807, 2.05) is 19.9 Å². The molecule has 5 heteroatoms. The van der Waals surface area contributed by atoms with Gasteiger partial charge in [-0.15, -0.1) is 11.6 Å². The number of fused-ring (bicyclic) bond motifs is 1. The first kappa shape index (κ1) is 12.0. The standard InChI is InChI=1S/C11H11Cl3N2/c1-3-16-10-5-8(14)7(13)4-9(10)15-11(16)6(2)12/h4-6H,3H2,1-2H3/t6-/m0/s1. The topological polar surface area (TPSA) is 17.8 Å². The van der Waals surface area contributed by atoms with E-state index < -0.39 is 0 Å². The van der Waals surface area contributed by atoms with E-state index >= 15 is 0 Å². The fourth-order valence-electron chi connectivity index (χ4n) is 1.77. The average molecular weight is 278 g/mol. The van der Waals surface area contributed by atoms with E-state index in [0.29, 0.717) is 10.0 Å². The quantitative estimate of drug-likeness (QED) is 0.730. The summed E-state index contributed by atoms with van der Waals surface area (Å²) < 4.78 is 2.05. The molecule has 0 amide bonds. The van der Waals surface area contributed by atoms with Crippen molar-refractivity contribution < 1.29 is 0 Å². The highest BCUT2D eigenvalue weighted by molar-refractivity contribution is 6.42. The lowest BCUT2D eigenvalue weighted by atomic mass is 10.3. The first-order chi connectivity index (χ1) is 7.54. The van der Waals surface area contributed by atoms with Gasteiger partial charge >= 0.3 is 0 Å². The van der Waals surface area contributed by atoms with E-state index in [0.717, 1.165) is 23.4 Å². The summed E-state index contributed by atoms with van der Waals surface area (Å²) in [5.74, 6) is 0.845. The molecular formula is C11H11Cl3N2. The van der Waals surface area contributed by atoms with Crippen LogP contribution in [-0.2, 0) is 6.54 Å². The molecule has 0 aliphatic carbocycles. The van der Waals surface area contributed by atoms with Crippen molar-refractivity contribution in [1.29, 1.82) is 0 Å². The van der Waals surface area contributed by atoms with Crippen LogP contribution < -0.4 is 0 Å². The molecule has 0 saturated heterocycles. The molecule has 0 saturated carbocycles. The minimum absolute atomic E-state index is 0.134. The number of nitrogens with zero attached hydrogens (tertiary/aromatic N) is 2. The van der Waals surface area contributed by atoms with E-state index in [2.05, 4.69) is 9.55 Å². The van der Waals surface area contributed by atoms with Crippen molar-refractivity contribution in [2.24, 2.45) is 0 Å². The number of rotatable bonds is 2. The Balaban J connectivity index is 2.77. The number of halogens is 3. The second kappa shape index (κ2) is 4.44. The first-order valence-electron chi connectivity index (χ1n) is 5.03. The zero-order valence-corrected chi connectivity index (χ0v) is 11.2. The van der Waals surface area contributed by atoms with Crippen molar-refractivity contribution in [2.45, 2.75) is 25.8 Å². The Hall–Kier alpha value is -0.440. The molecule has 0 unspecified atom stereocenters. The van der Waals surface area contributed by atoms with E-state index in [1.165, 1.54) is 0 Å². The highest BCUT2D eigenvalue weighted by Gasteiger charge is 2.15. The highest BCUT2D eigenvalue weighted by atomic mass is 35.5. The molecule has 0 bridgehead atoms. The third-order valence-electron chi connectivity index (χ3n) is 2.49. The molecule has 0 aliphatic rings. The summed E-state index contributed by atoms with van der Waals surface area (Å²) in [6.07, 6.45) is 0.